The summed E-state index contributed by atoms with van der Waals surface area (Å²) in [6.07, 6.45) is 0. The van der Waals surface area contributed by atoms with Crippen LogP contribution in [0, 0.1) is 0 Å². The van der Waals surface area contributed by atoms with Crippen LogP contribution in [0.25, 0.3) is 11.1 Å². The lowest BCUT2D eigenvalue weighted by molar-refractivity contribution is -0.119. The Bertz CT molecular complexity index is 815. The zero-order chi connectivity index (χ0) is 15.0. The third-order valence-electron chi connectivity index (χ3n) is 3.48. The van der Waals surface area contributed by atoms with Crippen molar-refractivity contribution >= 4 is 21.6 Å². The van der Waals surface area contributed by atoms with Crippen LogP contribution in [-0.2, 0) is 14.8 Å². The van der Waals surface area contributed by atoms with Gasteiger partial charge in [0, 0.05) is 18.2 Å². The van der Waals surface area contributed by atoms with Gasteiger partial charge >= 0.3 is 0 Å². The number of rotatable bonds is 2. The Kier molecular flexibility index (Phi) is 3.17. The van der Waals surface area contributed by atoms with Crippen molar-refractivity contribution < 1.29 is 13.2 Å². The van der Waals surface area contributed by atoms with Crippen molar-refractivity contribution in [2.24, 2.45) is 0 Å². The van der Waals surface area contributed by atoms with Gasteiger partial charge in [-0.15, -0.1) is 0 Å². The number of likely N-dealkylation sites (N-methyl/N-ethyl adjacent to an activating group) is 1. The fourth-order valence-electron chi connectivity index (χ4n) is 2.46. The number of nitrogens with zero attached hydrogens (tertiary/aromatic N) is 1. The third kappa shape index (κ3) is 2.08. The van der Waals surface area contributed by atoms with Crippen molar-refractivity contribution in [2.45, 2.75) is 4.90 Å². The molecule has 1 aliphatic rings. The van der Waals surface area contributed by atoms with Gasteiger partial charge < -0.3 is 5.32 Å². The SMILES string of the molecule is CNC(=O)CN1c2ccccc2-c2ccccc2S1(=O)=O. The molecule has 1 amide bonds. The maximum atomic E-state index is 12.8. The molecule has 3 rings (SSSR count). The van der Waals surface area contributed by atoms with Crippen molar-refractivity contribution in [3.63, 3.8) is 0 Å². The van der Waals surface area contributed by atoms with Crippen LogP contribution >= 0.6 is 0 Å². The minimum absolute atomic E-state index is 0.229. The molecule has 0 radical (unpaired) electrons. The van der Waals surface area contributed by atoms with E-state index in [2.05, 4.69) is 5.32 Å². The molecule has 108 valence electrons. The van der Waals surface area contributed by atoms with Gasteiger partial charge in [-0.1, -0.05) is 36.4 Å². The molecule has 2 aromatic carbocycles. The molecule has 0 unspecified atom stereocenters. The standard InChI is InChI=1S/C15H14N2O3S/c1-16-15(18)10-17-13-8-4-2-6-11(13)12-7-3-5-9-14(12)21(17,19)20/h2-9H,10H2,1H3,(H,16,18). The summed E-state index contributed by atoms with van der Waals surface area (Å²) in [5, 5.41) is 2.46. The number of carbonyl (C=O) groups excluding carboxylic acids is 1. The van der Waals surface area contributed by atoms with Crippen molar-refractivity contribution in [1.82, 2.24) is 5.32 Å². The Morgan fingerprint density at radius 1 is 1.05 bits per heavy atom. The van der Waals surface area contributed by atoms with E-state index in [1.165, 1.54) is 7.05 Å². The number of fused-ring (bicyclic) bond motifs is 3. The van der Waals surface area contributed by atoms with Crippen molar-refractivity contribution in [1.29, 1.82) is 0 Å². The smallest absolute Gasteiger partial charge is 0.265 e. The molecule has 0 spiro atoms. The number of para-hydroxylation sites is 1. The quantitative estimate of drug-likeness (QED) is 0.916. The zero-order valence-corrected chi connectivity index (χ0v) is 12.2. The fraction of sp³-hybridized carbons (Fsp3) is 0.133. The highest BCUT2D eigenvalue weighted by molar-refractivity contribution is 7.93. The molecule has 5 nitrogen and oxygen atoms in total. The molecular formula is C15H14N2O3S. The van der Waals surface area contributed by atoms with Crippen LogP contribution in [0.4, 0.5) is 5.69 Å². The molecule has 0 aliphatic carbocycles. The summed E-state index contributed by atoms with van der Waals surface area (Å²) in [6, 6.07) is 14.0. The molecule has 0 aromatic heterocycles. The lowest BCUT2D eigenvalue weighted by Crippen LogP contribution is -2.41. The zero-order valence-electron chi connectivity index (χ0n) is 11.4. The van der Waals surface area contributed by atoms with Crippen molar-refractivity contribution in [3.05, 3.63) is 48.5 Å². The molecule has 0 bridgehead atoms. The van der Waals surface area contributed by atoms with Crippen molar-refractivity contribution in [3.8, 4) is 11.1 Å². The van der Waals surface area contributed by atoms with Crippen LogP contribution in [0.3, 0.4) is 0 Å². The Hall–Kier alpha value is -2.34. The molecule has 0 atom stereocenters. The average Bonchev–Trinajstić information content (AvgIpc) is 2.51. The number of hydrogen-bond acceptors (Lipinski definition) is 3. The number of sulfonamides is 1. The summed E-state index contributed by atoms with van der Waals surface area (Å²) in [4.78, 5) is 11.9. The minimum atomic E-state index is -3.73. The Labute approximate surface area is 123 Å². The Morgan fingerprint density at radius 2 is 1.67 bits per heavy atom. The molecule has 21 heavy (non-hydrogen) atoms. The number of anilines is 1. The van der Waals surface area contributed by atoms with E-state index in [4.69, 9.17) is 0 Å². The van der Waals surface area contributed by atoms with Gasteiger partial charge in [0.2, 0.25) is 5.91 Å². The average molecular weight is 302 g/mol. The predicted octanol–water partition coefficient (Wildman–Crippen LogP) is 1.61. The molecule has 1 N–H and O–H groups in total. The summed E-state index contributed by atoms with van der Waals surface area (Å²) in [7, 11) is -2.24. The Balaban J connectivity index is 2.26. The molecule has 1 aliphatic heterocycles. The molecule has 0 saturated heterocycles. The van der Waals surface area contributed by atoms with Crippen molar-refractivity contribution in [2.75, 3.05) is 17.9 Å². The van der Waals surface area contributed by atoms with E-state index < -0.39 is 10.0 Å². The van der Waals surface area contributed by atoms with Gasteiger partial charge in [0.1, 0.15) is 6.54 Å². The van der Waals surface area contributed by atoms with E-state index in [0.29, 0.717) is 11.3 Å². The molecule has 2 aromatic rings. The number of benzene rings is 2. The molecular weight excluding hydrogens is 288 g/mol. The first-order valence-corrected chi connectivity index (χ1v) is 7.91. The number of carbonyl (C=O) groups is 1. The molecule has 6 heteroatoms. The summed E-state index contributed by atoms with van der Waals surface area (Å²) in [6.45, 7) is -0.232. The van der Waals surface area contributed by atoms with Crippen LogP contribution in [0.5, 0.6) is 0 Å². The van der Waals surface area contributed by atoms with Crippen LogP contribution in [0.15, 0.2) is 53.4 Å². The van der Waals surface area contributed by atoms with E-state index in [9.17, 15) is 13.2 Å². The maximum absolute atomic E-state index is 12.8. The van der Waals surface area contributed by atoms with Gasteiger partial charge in [0.05, 0.1) is 10.6 Å². The maximum Gasteiger partial charge on any atom is 0.265 e. The van der Waals surface area contributed by atoms with Gasteiger partial charge in [-0.25, -0.2) is 8.42 Å². The topological polar surface area (TPSA) is 66.5 Å². The van der Waals surface area contributed by atoms with E-state index >= 15 is 0 Å². The van der Waals surface area contributed by atoms with E-state index in [-0.39, 0.29) is 17.3 Å². The normalized spacial score (nSPS) is 15.0. The monoisotopic (exact) mass is 302 g/mol. The fourth-order valence-corrected chi connectivity index (χ4v) is 4.11. The molecule has 1 heterocycles. The first kappa shape index (κ1) is 13.6. The highest BCUT2D eigenvalue weighted by atomic mass is 32.2. The Morgan fingerprint density at radius 3 is 2.38 bits per heavy atom. The number of hydrogen-bond donors (Lipinski definition) is 1. The second-order valence-electron chi connectivity index (χ2n) is 4.70. The lowest BCUT2D eigenvalue weighted by atomic mass is 10.0. The number of amides is 1. The highest BCUT2D eigenvalue weighted by Gasteiger charge is 2.35. The summed E-state index contributed by atoms with van der Waals surface area (Å²) in [5.74, 6) is -0.354. The largest absolute Gasteiger partial charge is 0.358 e. The van der Waals surface area contributed by atoms with Crippen LogP contribution in [-0.4, -0.2) is 27.9 Å². The second-order valence-corrected chi connectivity index (χ2v) is 6.53. The third-order valence-corrected chi connectivity index (χ3v) is 5.30. The summed E-state index contributed by atoms with van der Waals surface area (Å²) in [5.41, 5.74) is 2.01. The first-order chi connectivity index (χ1) is 10.1. The number of nitrogens with one attached hydrogen (secondary N) is 1. The van der Waals surface area contributed by atoms with Crippen LogP contribution in [0.1, 0.15) is 0 Å². The minimum Gasteiger partial charge on any atom is -0.358 e. The van der Waals surface area contributed by atoms with E-state index in [1.54, 1.807) is 36.4 Å². The second kappa shape index (κ2) is 4.89. The van der Waals surface area contributed by atoms with E-state index in [0.717, 1.165) is 9.87 Å². The summed E-state index contributed by atoms with van der Waals surface area (Å²) >= 11 is 0. The van der Waals surface area contributed by atoms with Gasteiger partial charge in [-0.3, -0.25) is 9.10 Å². The van der Waals surface area contributed by atoms with Crippen LogP contribution in [0.2, 0.25) is 0 Å². The van der Waals surface area contributed by atoms with Gasteiger partial charge in [-0.2, -0.15) is 0 Å². The van der Waals surface area contributed by atoms with Crippen LogP contribution < -0.4 is 9.62 Å². The summed E-state index contributed by atoms with van der Waals surface area (Å²) < 4.78 is 26.7. The first-order valence-electron chi connectivity index (χ1n) is 6.47. The van der Waals surface area contributed by atoms with Gasteiger partial charge in [-0.05, 0) is 12.1 Å². The van der Waals surface area contributed by atoms with Gasteiger partial charge in [0.15, 0.2) is 0 Å². The van der Waals surface area contributed by atoms with Gasteiger partial charge in [0.25, 0.3) is 10.0 Å². The highest BCUT2D eigenvalue weighted by Crippen LogP contribution is 2.42. The van der Waals surface area contributed by atoms with E-state index in [1.807, 2.05) is 12.1 Å². The molecule has 0 saturated carbocycles. The predicted molar refractivity (Wildman–Crippen MR) is 80.5 cm³/mol. The lowest BCUT2D eigenvalue weighted by Gasteiger charge is -2.31. The molecule has 0 fully saturated rings.